The van der Waals surface area contributed by atoms with Gasteiger partial charge in [0.2, 0.25) is 0 Å². The summed E-state index contributed by atoms with van der Waals surface area (Å²) in [6.07, 6.45) is 1.91. The maximum atomic E-state index is 12.2. The van der Waals surface area contributed by atoms with Crippen LogP contribution in [0, 0.1) is 6.92 Å². The van der Waals surface area contributed by atoms with Crippen molar-refractivity contribution in [3.63, 3.8) is 0 Å². The molecule has 25 heavy (non-hydrogen) atoms. The van der Waals surface area contributed by atoms with Crippen LogP contribution in [0.15, 0.2) is 57.8 Å². The summed E-state index contributed by atoms with van der Waals surface area (Å²) in [5.41, 5.74) is 3.11. The van der Waals surface area contributed by atoms with Gasteiger partial charge in [0.05, 0.1) is 0 Å². The second-order valence-corrected chi connectivity index (χ2v) is 8.23. The number of fused-ring (bicyclic) bond motifs is 1. The molecule has 0 radical (unpaired) electrons. The molecular formula is C19H21N3O2S. The maximum absolute atomic E-state index is 12.2. The second kappa shape index (κ2) is 6.19. The highest BCUT2D eigenvalue weighted by atomic mass is 32.2. The molecule has 2 aliphatic heterocycles. The second-order valence-electron chi connectivity index (χ2n) is 6.66. The summed E-state index contributed by atoms with van der Waals surface area (Å²) < 4.78 is 28.5. The van der Waals surface area contributed by atoms with E-state index in [2.05, 4.69) is 45.8 Å². The number of hydrogen-bond acceptors (Lipinski definition) is 4. The first kappa shape index (κ1) is 16.1. The molecule has 2 heterocycles. The van der Waals surface area contributed by atoms with Gasteiger partial charge < -0.3 is 10.2 Å². The average Bonchev–Trinajstić information content (AvgIpc) is 2.88. The van der Waals surface area contributed by atoms with Crippen molar-refractivity contribution >= 4 is 21.5 Å². The summed E-state index contributed by atoms with van der Waals surface area (Å²) in [7, 11) is -3.54. The molecule has 0 aromatic heterocycles. The Morgan fingerprint density at radius 3 is 2.60 bits per heavy atom. The van der Waals surface area contributed by atoms with Gasteiger partial charge in [-0.05, 0) is 49.6 Å². The SMILES string of the molecule is Cc1cccc(NC2CCN(C3=NS(=O)(=O)c4ccccc43)CC2)c1. The summed E-state index contributed by atoms with van der Waals surface area (Å²) in [6, 6.07) is 15.9. The van der Waals surface area contributed by atoms with E-state index in [0.29, 0.717) is 16.8 Å². The summed E-state index contributed by atoms with van der Waals surface area (Å²) >= 11 is 0. The molecule has 0 aliphatic carbocycles. The van der Waals surface area contributed by atoms with Crippen LogP contribution < -0.4 is 5.32 Å². The van der Waals surface area contributed by atoms with E-state index in [1.54, 1.807) is 12.1 Å². The highest BCUT2D eigenvalue weighted by molar-refractivity contribution is 7.90. The van der Waals surface area contributed by atoms with E-state index >= 15 is 0 Å². The lowest BCUT2D eigenvalue weighted by atomic mass is 10.0. The van der Waals surface area contributed by atoms with Crippen LogP contribution in [0.1, 0.15) is 24.0 Å². The fraction of sp³-hybridized carbons (Fsp3) is 0.316. The lowest BCUT2D eigenvalue weighted by Gasteiger charge is -2.34. The van der Waals surface area contributed by atoms with Crippen molar-refractivity contribution < 1.29 is 8.42 Å². The molecule has 130 valence electrons. The molecule has 1 fully saturated rings. The van der Waals surface area contributed by atoms with Crippen LogP contribution in [-0.2, 0) is 10.0 Å². The van der Waals surface area contributed by atoms with Crippen molar-refractivity contribution in [3.05, 3.63) is 59.7 Å². The number of benzene rings is 2. The zero-order chi connectivity index (χ0) is 17.4. The van der Waals surface area contributed by atoms with Crippen LogP contribution in [0.4, 0.5) is 5.69 Å². The molecule has 5 nitrogen and oxygen atoms in total. The van der Waals surface area contributed by atoms with Crippen LogP contribution in [0.2, 0.25) is 0 Å². The number of aryl methyl sites for hydroxylation is 1. The van der Waals surface area contributed by atoms with Crippen molar-refractivity contribution in [2.45, 2.75) is 30.7 Å². The van der Waals surface area contributed by atoms with Gasteiger partial charge in [0, 0.05) is 30.4 Å². The normalized spacial score (nSPS) is 19.4. The van der Waals surface area contributed by atoms with Gasteiger partial charge in [-0.3, -0.25) is 0 Å². The fourth-order valence-corrected chi connectivity index (χ4v) is 4.75. The Morgan fingerprint density at radius 1 is 1.08 bits per heavy atom. The van der Waals surface area contributed by atoms with Gasteiger partial charge in [0.25, 0.3) is 10.0 Å². The third-order valence-corrected chi connectivity index (χ3v) is 6.12. The molecule has 2 aromatic carbocycles. The van der Waals surface area contributed by atoms with Gasteiger partial charge in [0.1, 0.15) is 4.90 Å². The molecule has 0 spiro atoms. The van der Waals surface area contributed by atoms with E-state index in [9.17, 15) is 8.42 Å². The summed E-state index contributed by atoms with van der Waals surface area (Å²) in [5, 5.41) is 3.58. The van der Waals surface area contributed by atoms with Gasteiger partial charge in [-0.1, -0.05) is 24.3 Å². The van der Waals surface area contributed by atoms with Crippen LogP contribution in [0.3, 0.4) is 0 Å². The smallest absolute Gasteiger partial charge is 0.285 e. The molecule has 4 rings (SSSR count). The number of nitrogens with one attached hydrogen (secondary N) is 1. The lowest BCUT2D eigenvalue weighted by Crippen LogP contribution is -2.42. The topological polar surface area (TPSA) is 61.8 Å². The van der Waals surface area contributed by atoms with Gasteiger partial charge in [-0.25, -0.2) is 0 Å². The number of sulfonamides is 1. The van der Waals surface area contributed by atoms with Crippen molar-refractivity contribution in [2.24, 2.45) is 4.40 Å². The first-order chi connectivity index (χ1) is 12.0. The van der Waals surface area contributed by atoms with E-state index in [1.807, 2.05) is 12.1 Å². The Kier molecular flexibility index (Phi) is 4.00. The number of nitrogens with zero attached hydrogens (tertiary/aromatic N) is 2. The molecule has 6 heteroatoms. The summed E-state index contributed by atoms with van der Waals surface area (Å²) in [6.45, 7) is 3.68. The highest BCUT2D eigenvalue weighted by Gasteiger charge is 2.33. The molecule has 1 saturated heterocycles. The van der Waals surface area contributed by atoms with Crippen molar-refractivity contribution in [1.29, 1.82) is 0 Å². The number of anilines is 1. The summed E-state index contributed by atoms with van der Waals surface area (Å²) in [5.74, 6) is 0.601. The number of likely N-dealkylation sites (tertiary alicyclic amines) is 1. The minimum atomic E-state index is -3.54. The van der Waals surface area contributed by atoms with Crippen LogP contribution >= 0.6 is 0 Å². The van der Waals surface area contributed by atoms with E-state index in [4.69, 9.17) is 0 Å². The van der Waals surface area contributed by atoms with Gasteiger partial charge in [0.15, 0.2) is 5.84 Å². The molecule has 2 aromatic rings. The van der Waals surface area contributed by atoms with Crippen molar-refractivity contribution in [3.8, 4) is 0 Å². The summed E-state index contributed by atoms with van der Waals surface area (Å²) in [4.78, 5) is 2.42. The van der Waals surface area contributed by atoms with Crippen LogP contribution in [-0.4, -0.2) is 38.3 Å². The zero-order valence-electron chi connectivity index (χ0n) is 14.1. The van der Waals surface area contributed by atoms with Gasteiger partial charge in [-0.15, -0.1) is 4.40 Å². The monoisotopic (exact) mass is 355 g/mol. The van der Waals surface area contributed by atoms with E-state index in [0.717, 1.165) is 37.2 Å². The molecule has 0 bridgehead atoms. The average molecular weight is 355 g/mol. The standard InChI is InChI=1S/C19H21N3O2S/c1-14-5-4-6-16(13-14)20-15-9-11-22(12-10-15)19-17-7-2-3-8-18(17)25(23,24)21-19/h2-8,13,15,20H,9-12H2,1H3. The quantitative estimate of drug-likeness (QED) is 0.899. The Balaban J connectivity index is 1.46. The predicted octanol–water partition coefficient (Wildman–Crippen LogP) is 3.02. The number of rotatable bonds is 2. The Labute approximate surface area is 148 Å². The van der Waals surface area contributed by atoms with E-state index in [1.165, 1.54) is 5.56 Å². The molecule has 0 saturated carbocycles. The minimum absolute atomic E-state index is 0.324. The van der Waals surface area contributed by atoms with Crippen molar-refractivity contribution in [1.82, 2.24) is 4.90 Å². The molecule has 1 N–H and O–H groups in total. The largest absolute Gasteiger partial charge is 0.382 e. The molecule has 0 amide bonds. The van der Waals surface area contributed by atoms with E-state index in [-0.39, 0.29) is 0 Å². The third kappa shape index (κ3) is 3.14. The highest BCUT2D eigenvalue weighted by Crippen LogP contribution is 2.29. The van der Waals surface area contributed by atoms with Gasteiger partial charge in [-0.2, -0.15) is 8.42 Å². The number of amidine groups is 1. The molecule has 2 aliphatic rings. The number of piperidine rings is 1. The first-order valence-corrected chi connectivity index (χ1v) is 9.99. The Morgan fingerprint density at radius 2 is 1.84 bits per heavy atom. The van der Waals surface area contributed by atoms with E-state index < -0.39 is 10.0 Å². The minimum Gasteiger partial charge on any atom is -0.382 e. The third-order valence-electron chi connectivity index (χ3n) is 4.80. The predicted molar refractivity (Wildman–Crippen MR) is 99.6 cm³/mol. The number of hydrogen-bond donors (Lipinski definition) is 1. The molecular weight excluding hydrogens is 334 g/mol. The Bertz CT molecular complexity index is 929. The molecule has 0 unspecified atom stereocenters. The van der Waals surface area contributed by atoms with Crippen molar-refractivity contribution in [2.75, 3.05) is 18.4 Å². The Hall–Kier alpha value is -2.34. The van der Waals surface area contributed by atoms with Gasteiger partial charge >= 0.3 is 0 Å². The zero-order valence-corrected chi connectivity index (χ0v) is 15.0. The molecule has 0 atom stereocenters. The fourth-order valence-electron chi connectivity index (χ4n) is 3.52. The first-order valence-electron chi connectivity index (χ1n) is 8.55. The lowest BCUT2D eigenvalue weighted by molar-refractivity contribution is 0.325. The maximum Gasteiger partial charge on any atom is 0.285 e. The van der Waals surface area contributed by atoms with Crippen LogP contribution in [0.25, 0.3) is 0 Å². The van der Waals surface area contributed by atoms with Crippen LogP contribution in [0.5, 0.6) is 0 Å².